The average molecular weight is 350 g/mol. The molecule has 130 valence electrons. The number of ether oxygens (including phenoxy) is 1. The summed E-state index contributed by atoms with van der Waals surface area (Å²) in [7, 11) is 1.69. The first-order valence-corrected chi connectivity index (χ1v) is 8.93. The predicted octanol–water partition coefficient (Wildman–Crippen LogP) is 6.06. The van der Waals surface area contributed by atoms with Crippen molar-refractivity contribution in [1.82, 2.24) is 9.97 Å². The molecule has 0 fully saturated rings. The van der Waals surface area contributed by atoms with E-state index < -0.39 is 0 Å². The number of rotatable bonds is 3. The van der Waals surface area contributed by atoms with Crippen LogP contribution in [0.15, 0.2) is 85.2 Å². The fraction of sp³-hybridized carbons (Fsp3) is 0.0417. The third-order valence-electron chi connectivity index (χ3n) is 5.04. The van der Waals surface area contributed by atoms with Gasteiger partial charge in [0.15, 0.2) is 0 Å². The molecule has 0 aliphatic heterocycles. The lowest BCUT2D eigenvalue weighted by Crippen LogP contribution is -1.89. The van der Waals surface area contributed by atoms with Crippen LogP contribution in [-0.4, -0.2) is 17.1 Å². The Morgan fingerprint density at radius 3 is 2.48 bits per heavy atom. The Labute approximate surface area is 157 Å². The van der Waals surface area contributed by atoms with Crippen molar-refractivity contribution in [1.29, 1.82) is 0 Å². The van der Waals surface area contributed by atoms with E-state index in [1.807, 2.05) is 12.1 Å². The highest BCUT2D eigenvalue weighted by Crippen LogP contribution is 2.39. The maximum Gasteiger partial charge on any atom is 0.118 e. The van der Waals surface area contributed by atoms with Gasteiger partial charge in [-0.05, 0) is 57.3 Å². The molecule has 1 heterocycles. The number of nitrogens with one attached hydrogen (secondary N) is 1. The second-order valence-electron chi connectivity index (χ2n) is 6.57. The number of methoxy groups -OCH3 is 1. The van der Waals surface area contributed by atoms with Gasteiger partial charge in [-0.3, -0.25) is 0 Å². The largest absolute Gasteiger partial charge is 0.497 e. The number of aromatic nitrogens is 2. The Hall–Kier alpha value is -3.59. The Morgan fingerprint density at radius 1 is 0.815 bits per heavy atom. The van der Waals surface area contributed by atoms with Gasteiger partial charge in [-0.1, -0.05) is 54.6 Å². The van der Waals surface area contributed by atoms with Crippen LogP contribution in [0.1, 0.15) is 0 Å². The van der Waals surface area contributed by atoms with Gasteiger partial charge in [-0.15, -0.1) is 0 Å². The summed E-state index contributed by atoms with van der Waals surface area (Å²) in [5, 5.41) is 2.47. The van der Waals surface area contributed by atoms with E-state index in [1.54, 1.807) is 13.4 Å². The van der Waals surface area contributed by atoms with Crippen molar-refractivity contribution in [3.8, 4) is 28.0 Å². The molecule has 0 saturated carbocycles. The van der Waals surface area contributed by atoms with E-state index in [9.17, 15) is 0 Å². The molecule has 5 aromatic rings. The molecule has 4 aromatic carbocycles. The fourth-order valence-corrected chi connectivity index (χ4v) is 3.68. The van der Waals surface area contributed by atoms with Gasteiger partial charge < -0.3 is 9.72 Å². The molecule has 1 N–H and O–H groups in total. The molecule has 0 aliphatic carbocycles. The zero-order chi connectivity index (χ0) is 18.2. The van der Waals surface area contributed by atoms with E-state index in [1.165, 1.54) is 27.5 Å². The molecule has 0 saturated heterocycles. The number of hydrogen-bond donors (Lipinski definition) is 1. The Bertz CT molecular complexity index is 1250. The quantitative estimate of drug-likeness (QED) is 0.429. The number of nitrogens with zero attached hydrogens (tertiary/aromatic N) is 1. The van der Waals surface area contributed by atoms with Crippen LogP contribution in [0.4, 0.5) is 0 Å². The maximum atomic E-state index is 5.32. The van der Waals surface area contributed by atoms with E-state index >= 15 is 0 Å². The van der Waals surface area contributed by atoms with Crippen molar-refractivity contribution >= 4 is 21.8 Å². The van der Waals surface area contributed by atoms with Crippen molar-refractivity contribution in [2.45, 2.75) is 0 Å². The van der Waals surface area contributed by atoms with E-state index in [2.05, 4.69) is 76.7 Å². The normalized spacial score (nSPS) is 11.1. The van der Waals surface area contributed by atoms with Crippen LogP contribution in [0.3, 0.4) is 0 Å². The van der Waals surface area contributed by atoms with Crippen LogP contribution in [0, 0.1) is 0 Å². The summed E-state index contributed by atoms with van der Waals surface area (Å²) in [4.78, 5) is 7.61. The number of H-pyrrole nitrogens is 1. The average Bonchev–Trinajstić information content (AvgIpc) is 3.21. The Morgan fingerprint density at radius 2 is 1.63 bits per heavy atom. The van der Waals surface area contributed by atoms with Crippen molar-refractivity contribution < 1.29 is 4.74 Å². The second kappa shape index (κ2) is 6.29. The molecule has 0 amide bonds. The van der Waals surface area contributed by atoms with E-state index in [0.29, 0.717) is 0 Å². The minimum Gasteiger partial charge on any atom is -0.497 e. The highest BCUT2D eigenvalue weighted by molar-refractivity contribution is 6.05. The molecule has 0 radical (unpaired) electrons. The van der Waals surface area contributed by atoms with Crippen molar-refractivity contribution in [2.75, 3.05) is 7.11 Å². The minimum absolute atomic E-state index is 0.860. The lowest BCUT2D eigenvalue weighted by Gasteiger charge is -2.14. The van der Waals surface area contributed by atoms with Gasteiger partial charge >= 0.3 is 0 Å². The van der Waals surface area contributed by atoms with Gasteiger partial charge in [0.05, 0.1) is 24.5 Å². The second-order valence-corrected chi connectivity index (χ2v) is 6.57. The zero-order valence-electron chi connectivity index (χ0n) is 14.9. The molecule has 27 heavy (non-hydrogen) atoms. The summed E-state index contributed by atoms with van der Waals surface area (Å²) in [5.41, 5.74) is 6.77. The van der Waals surface area contributed by atoms with Gasteiger partial charge in [-0.25, -0.2) is 4.98 Å². The smallest absolute Gasteiger partial charge is 0.118 e. The Kier molecular flexibility index (Phi) is 3.65. The third kappa shape index (κ3) is 2.64. The number of fused-ring (bicyclic) bond motifs is 2. The fourth-order valence-electron chi connectivity index (χ4n) is 3.68. The molecule has 5 rings (SSSR count). The first-order chi connectivity index (χ1) is 13.3. The van der Waals surface area contributed by atoms with Crippen molar-refractivity contribution in [3.05, 3.63) is 85.2 Å². The first kappa shape index (κ1) is 15.6. The molecule has 0 aliphatic rings. The maximum absolute atomic E-state index is 5.32. The van der Waals surface area contributed by atoms with Gasteiger partial charge in [0.25, 0.3) is 0 Å². The third-order valence-corrected chi connectivity index (χ3v) is 5.04. The Balaban J connectivity index is 1.81. The number of aromatic amines is 1. The summed E-state index contributed by atoms with van der Waals surface area (Å²) in [6.45, 7) is 0. The molecular weight excluding hydrogens is 332 g/mol. The molecule has 1 aromatic heterocycles. The molecule has 3 nitrogen and oxygen atoms in total. The molecule has 0 atom stereocenters. The summed E-state index contributed by atoms with van der Waals surface area (Å²) in [6.07, 6.45) is 1.74. The molecule has 0 unspecified atom stereocenters. The van der Waals surface area contributed by atoms with Crippen LogP contribution < -0.4 is 4.74 Å². The standard InChI is InChI=1S/C24H18N2O/c1-27-19-10-6-17(7-11-19)21-12-8-16-4-2-3-5-20(16)24(21)18-9-13-22-23(14-18)26-15-25-22/h2-15H,1H3,(H,25,26). The van der Waals surface area contributed by atoms with Crippen LogP contribution in [0.5, 0.6) is 5.75 Å². The van der Waals surface area contributed by atoms with Crippen LogP contribution >= 0.6 is 0 Å². The predicted molar refractivity (Wildman–Crippen MR) is 111 cm³/mol. The summed E-state index contributed by atoms with van der Waals surface area (Å²) < 4.78 is 5.32. The first-order valence-electron chi connectivity index (χ1n) is 8.93. The van der Waals surface area contributed by atoms with Crippen LogP contribution in [0.2, 0.25) is 0 Å². The molecule has 3 heteroatoms. The summed E-state index contributed by atoms with van der Waals surface area (Å²) in [6, 6.07) is 27.5. The van der Waals surface area contributed by atoms with Crippen LogP contribution in [-0.2, 0) is 0 Å². The number of hydrogen-bond acceptors (Lipinski definition) is 2. The topological polar surface area (TPSA) is 37.9 Å². The van der Waals surface area contributed by atoms with Gasteiger partial charge in [0.1, 0.15) is 5.75 Å². The monoisotopic (exact) mass is 350 g/mol. The lowest BCUT2D eigenvalue weighted by molar-refractivity contribution is 0.415. The van der Waals surface area contributed by atoms with Crippen LogP contribution in [0.25, 0.3) is 44.1 Å². The lowest BCUT2D eigenvalue weighted by atomic mass is 9.89. The SMILES string of the molecule is COc1ccc(-c2ccc3ccccc3c2-c2ccc3[nH]cnc3c2)cc1. The van der Waals surface area contributed by atoms with Crippen molar-refractivity contribution in [3.63, 3.8) is 0 Å². The molecular formula is C24H18N2O. The summed E-state index contributed by atoms with van der Waals surface area (Å²) >= 11 is 0. The highest BCUT2D eigenvalue weighted by atomic mass is 16.5. The van der Waals surface area contributed by atoms with Gasteiger partial charge in [-0.2, -0.15) is 0 Å². The van der Waals surface area contributed by atoms with E-state index in [0.717, 1.165) is 22.3 Å². The van der Waals surface area contributed by atoms with Gasteiger partial charge in [0.2, 0.25) is 0 Å². The van der Waals surface area contributed by atoms with Gasteiger partial charge in [0, 0.05) is 0 Å². The van der Waals surface area contributed by atoms with E-state index in [-0.39, 0.29) is 0 Å². The zero-order valence-corrected chi connectivity index (χ0v) is 14.9. The number of benzene rings is 4. The minimum atomic E-state index is 0.860. The summed E-state index contributed by atoms with van der Waals surface area (Å²) in [5.74, 6) is 0.860. The molecule has 0 spiro atoms. The van der Waals surface area contributed by atoms with E-state index in [4.69, 9.17) is 4.74 Å². The highest BCUT2D eigenvalue weighted by Gasteiger charge is 2.13. The van der Waals surface area contributed by atoms with Crippen molar-refractivity contribution in [2.24, 2.45) is 0 Å². The number of imidazole rings is 1. The molecule has 0 bridgehead atoms.